The molecule has 0 spiro atoms. The van der Waals surface area contributed by atoms with Gasteiger partial charge in [-0.2, -0.15) is 0 Å². The Morgan fingerprint density at radius 2 is 2.16 bits per heavy atom. The molecule has 1 fully saturated rings. The molecule has 1 aromatic heterocycles. The zero-order valence-corrected chi connectivity index (χ0v) is 12.6. The highest BCUT2D eigenvalue weighted by Gasteiger charge is 2.30. The summed E-state index contributed by atoms with van der Waals surface area (Å²) in [4.78, 5) is 4.73. The van der Waals surface area contributed by atoms with Crippen molar-refractivity contribution in [2.24, 2.45) is 7.05 Å². The molecule has 0 unspecified atom stereocenters. The van der Waals surface area contributed by atoms with Gasteiger partial charge in [0, 0.05) is 23.0 Å². The highest BCUT2D eigenvalue weighted by atomic mass is 79.9. The molecule has 0 aliphatic heterocycles. The van der Waals surface area contributed by atoms with Crippen LogP contribution in [0.5, 0.6) is 5.75 Å². The molecule has 1 heterocycles. The lowest BCUT2D eigenvalue weighted by molar-refractivity contribution is 0.416. The average Bonchev–Trinajstić information content (AvgIpc) is 3.19. The fourth-order valence-corrected chi connectivity index (χ4v) is 2.66. The Bertz CT molecular complexity index is 632. The summed E-state index contributed by atoms with van der Waals surface area (Å²) in [6.07, 6.45) is 2.42. The number of nitrogen functional groups attached to an aromatic ring is 1. The van der Waals surface area contributed by atoms with Crippen LogP contribution in [0.1, 0.15) is 24.6 Å². The van der Waals surface area contributed by atoms with Crippen LogP contribution in [0.4, 0.5) is 5.82 Å². The number of nitrogens with zero attached hydrogens (tertiary/aromatic N) is 2. The predicted molar refractivity (Wildman–Crippen MR) is 79.3 cm³/mol. The van der Waals surface area contributed by atoms with Crippen LogP contribution < -0.4 is 10.5 Å². The summed E-state index contributed by atoms with van der Waals surface area (Å²) < 4.78 is 8.39. The lowest BCUT2D eigenvalue weighted by Gasteiger charge is -2.07. The van der Waals surface area contributed by atoms with Crippen molar-refractivity contribution in [1.82, 2.24) is 9.55 Å². The minimum atomic E-state index is 0.569. The summed E-state index contributed by atoms with van der Waals surface area (Å²) in [5.41, 5.74) is 7.94. The van der Waals surface area contributed by atoms with E-state index in [1.54, 1.807) is 7.11 Å². The van der Waals surface area contributed by atoms with Crippen molar-refractivity contribution in [3.05, 3.63) is 28.5 Å². The van der Waals surface area contributed by atoms with E-state index in [0.717, 1.165) is 27.3 Å². The third-order valence-electron chi connectivity index (χ3n) is 3.53. The first-order chi connectivity index (χ1) is 9.11. The molecule has 5 heteroatoms. The Kier molecular flexibility index (Phi) is 3.01. The van der Waals surface area contributed by atoms with Crippen LogP contribution in [0.2, 0.25) is 0 Å². The maximum Gasteiger partial charge on any atom is 0.131 e. The van der Waals surface area contributed by atoms with Crippen LogP contribution in [-0.4, -0.2) is 16.7 Å². The number of nitrogens with two attached hydrogens (primary N) is 1. The number of ether oxygens (including phenoxy) is 1. The number of benzene rings is 1. The fraction of sp³-hybridized carbons (Fsp3) is 0.357. The molecule has 4 nitrogen and oxygen atoms in total. The van der Waals surface area contributed by atoms with Gasteiger partial charge in [0.05, 0.1) is 7.11 Å². The van der Waals surface area contributed by atoms with Crippen molar-refractivity contribution in [1.29, 1.82) is 0 Å². The van der Waals surface area contributed by atoms with E-state index in [2.05, 4.69) is 15.9 Å². The highest BCUT2D eigenvalue weighted by molar-refractivity contribution is 9.10. The number of aromatic nitrogens is 2. The number of halogens is 1. The first-order valence-electron chi connectivity index (χ1n) is 6.27. The number of methoxy groups -OCH3 is 1. The number of hydrogen-bond acceptors (Lipinski definition) is 3. The summed E-state index contributed by atoms with van der Waals surface area (Å²) in [6, 6.07) is 5.86. The van der Waals surface area contributed by atoms with Gasteiger partial charge in [0.15, 0.2) is 0 Å². The van der Waals surface area contributed by atoms with Crippen molar-refractivity contribution in [3.8, 4) is 17.0 Å². The van der Waals surface area contributed by atoms with Gasteiger partial charge in [-0.05, 0) is 31.0 Å². The number of hydrogen-bond donors (Lipinski definition) is 1. The van der Waals surface area contributed by atoms with Gasteiger partial charge in [-0.15, -0.1) is 0 Å². The first-order valence-corrected chi connectivity index (χ1v) is 7.07. The van der Waals surface area contributed by atoms with Gasteiger partial charge in [0.2, 0.25) is 0 Å². The van der Waals surface area contributed by atoms with Gasteiger partial charge in [0.25, 0.3) is 0 Å². The first kappa shape index (κ1) is 12.5. The minimum Gasteiger partial charge on any atom is -0.496 e. The molecule has 0 bridgehead atoms. The van der Waals surface area contributed by atoms with Gasteiger partial charge >= 0.3 is 0 Å². The van der Waals surface area contributed by atoms with Crippen molar-refractivity contribution in [2.45, 2.75) is 18.8 Å². The molecule has 1 aromatic carbocycles. The molecule has 1 aliphatic carbocycles. The van der Waals surface area contributed by atoms with E-state index >= 15 is 0 Å². The van der Waals surface area contributed by atoms with E-state index in [1.165, 1.54) is 12.8 Å². The normalized spacial score (nSPS) is 14.7. The third-order valence-corrected chi connectivity index (χ3v) is 4.03. The zero-order chi connectivity index (χ0) is 13.6. The molecule has 3 rings (SSSR count). The van der Waals surface area contributed by atoms with Crippen LogP contribution in [0.15, 0.2) is 22.7 Å². The minimum absolute atomic E-state index is 0.569. The average molecular weight is 322 g/mol. The third kappa shape index (κ3) is 2.12. The van der Waals surface area contributed by atoms with E-state index in [9.17, 15) is 0 Å². The summed E-state index contributed by atoms with van der Waals surface area (Å²) in [5, 5.41) is 0. The number of rotatable bonds is 3. The molecule has 1 saturated carbocycles. The Labute approximate surface area is 120 Å². The Hall–Kier alpha value is -1.49. The van der Waals surface area contributed by atoms with Crippen LogP contribution in [-0.2, 0) is 7.05 Å². The lowest BCUT2D eigenvalue weighted by Crippen LogP contribution is -2.00. The fourth-order valence-electron chi connectivity index (χ4n) is 2.30. The molecular formula is C14H16BrN3O. The van der Waals surface area contributed by atoms with Crippen molar-refractivity contribution < 1.29 is 4.74 Å². The Morgan fingerprint density at radius 3 is 2.79 bits per heavy atom. The molecule has 19 heavy (non-hydrogen) atoms. The van der Waals surface area contributed by atoms with Gasteiger partial charge < -0.3 is 15.0 Å². The second-order valence-corrected chi connectivity index (χ2v) is 5.80. The second kappa shape index (κ2) is 4.56. The smallest absolute Gasteiger partial charge is 0.131 e. The van der Waals surface area contributed by atoms with Crippen LogP contribution >= 0.6 is 15.9 Å². The van der Waals surface area contributed by atoms with E-state index < -0.39 is 0 Å². The van der Waals surface area contributed by atoms with E-state index in [0.29, 0.717) is 11.7 Å². The molecule has 1 aliphatic rings. The lowest BCUT2D eigenvalue weighted by atomic mass is 10.1. The number of imidazole rings is 1. The summed E-state index contributed by atoms with van der Waals surface area (Å²) >= 11 is 3.48. The Balaban J connectivity index is 2.16. The van der Waals surface area contributed by atoms with E-state index in [1.807, 2.05) is 29.8 Å². The van der Waals surface area contributed by atoms with E-state index in [4.69, 9.17) is 15.5 Å². The van der Waals surface area contributed by atoms with Gasteiger partial charge in [-0.3, -0.25) is 0 Å². The maximum absolute atomic E-state index is 6.20. The molecule has 0 atom stereocenters. The summed E-state index contributed by atoms with van der Waals surface area (Å²) in [7, 11) is 3.64. The summed E-state index contributed by atoms with van der Waals surface area (Å²) in [6.45, 7) is 0. The number of anilines is 1. The molecule has 100 valence electrons. The molecule has 0 amide bonds. The van der Waals surface area contributed by atoms with Gasteiger partial charge in [-0.25, -0.2) is 4.98 Å². The quantitative estimate of drug-likeness (QED) is 0.943. The van der Waals surface area contributed by atoms with Crippen LogP contribution in [0, 0.1) is 0 Å². The van der Waals surface area contributed by atoms with Gasteiger partial charge in [-0.1, -0.05) is 15.9 Å². The van der Waals surface area contributed by atoms with E-state index in [-0.39, 0.29) is 0 Å². The highest BCUT2D eigenvalue weighted by Crippen LogP contribution is 2.43. The van der Waals surface area contributed by atoms with Crippen molar-refractivity contribution in [2.75, 3.05) is 12.8 Å². The standard InChI is InChI=1S/C14H16BrN3O/c1-18-13(16)12(17-14(18)8-3-4-8)10-7-9(15)5-6-11(10)19-2/h5-8H,3-4,16H2,1-2H3. The molecule has 0 saturated heterocycles. The summed E-state index contributed by atoms with van der Waals surface area (Å²) in [5.74, 6) is 3.13. The monoisotopic (exact) mass is 321 g/mol. The topological polar surface area (TPSA) is 53.1 Å². The van der Waals surface area contributed by atoms with Crippen LogP contribution in [0.3, 0.4) is 0 Å². The molecular weight excluding hydrogens is 306 g/mol. The maximum atomic E-state index is 6.20. The largest absolute Gasteiger partial charge is 0.496 e. The van der Waals surface area contributed by atoms with Crippen molar-refractivity contribution in [3.63, 3.8) is 0 Å². The van der Waals surface area contributed by atoms with Crippen molar-refractivity contribution >= 4 is 21.7 Å². The Morgan fingerprint density at radius 1 is 1.42 bits per heavy atom. The predicted octanol–water partition coefficient (Wildman–Crippen LogP) is 3.32. The van der Waals surface area contributed by atoms with Crippen LogP contribution in [0.25, 0.3) is 11.3 Å². The molecule has 0 radical (unpaired) electrons. The molecule has 2 N–H and O–H groups in total. The second-order valence-electron chi connectivity index (χ2n) is 4.88. The van der Waals surface area contributed by atoms with Gasteiger partial charge in [0.1, 0.15) is 23.1 Å². The zero-order valence-electron chi connectivity index (χ0n) is 11.0. The molecule has 2 aromatic rings. The SMILES string of the molecule is COc1ccc(Br)cc1-c1nc(C2CC2)n(C)c1N.